The third-order valence-corrected chi connectivity index (χ3v) is 2.31. The number of aryl methyl sites for hydroxylation is 1. The Kier molecular flexibility index (Phi) is 4.25. The molecule has 1 unspecified atom stereocenters. The van der Waals surface area contributed by atoms with Crippen molar-refractivity contribution < 1.29 is 10.0 Å². The highest BCUT2D eigenvalue weighted by molar-refractivity contribution is 5.63. The van der Waals surface area contributed by atoms with E-state index in [0.717, 1.165) is 5.56 Å². The third-order valence-electron chi connectivity index (χ3n) is 2.31. The summed E-state index contributed by atoms with van der Waals surface area (Å²) in [6.07, 6.45) is 0.561. The van der Waals surface area contributed by atoms with Gasteiger partial charge in [0, 0.05) is 18.7 Å². The summed E-state index contributed by atoms with van der Waals surface area (Å²) in [5.41, 5.74) is 1.53. The van der Waals surface area contributed by atoms with Crippen LogP contribution in [0.2, 0.25) is 0 Å². The Hall–Kier alpha value is -1.62. The topological polar surface area (TPSA) is 75.4 Å². The van der Waals surface area contributed by atoms with Crippen LogP contribution in [0.15, 0.2) is 18.2 Å². The van der Waals surface area contributed by atoms with Crippen LogP contribution < -0.4 is 5.32 Å². The molecule has 5 heteroatoms. The zero-order chi connectivity index (χ0) is 12.1. The molecule has 0 aliphatic rings. The second kappa shape index (κ2) is 5.46. The smallest absolute Gasteiger partial charge is 0.292 e. The molecule has 0 spiro atoms. The standard InChI is InChI=1S/C11H16N2O3/c1-8-3-4-11(13(15)16)10(7-8)12-9(2)5-6-14/h3-4,7,9,12,14H,5-6H2,1-2H3. The molecule has 1 aromatic carbocycles. The van der Waals surface area contributed by atoms with Gasteiger partial charge in [-0.2, -0.15) is 0 Å². The molecular formula is C11H16N2O3. The lowest BCUT2D eigenvalue weighted by Gasteiger charge is -2.14. The second-order valence-electron chi connectivity index (χ2n) is 3.84. The highest BCUT2D eigenvalue weighted by atomic mass is 16.6. The highest BCUT2D eigenvalue weighted by Crippen LogP contribution is 2.26. The predicted octanol–water partition coefficient (Wildman–Crippen LogP) is 2.09. The van der Waals surface area contributed by atoms with Gasteiger partial charge in [0.05, 0.1) is 4.92 Å². The Morgan fingerprint density at radius 2 is 2.25 bits per heavy atom. The van der Waals surface area contributed by atoms with Crippen molar-refractivity contribution in [2.24, 2.45) is 0 Å². The molecule has 1 aromatic rings. The molecular weight excluding hydrogens is 208 g/mol. The van der Waals surface area contributed by atoms with Crippen LogP contribution in [-0.2, 0) is 0 Å². The van der Waals surface area contributed by atoms with E-state index in [-0.39, 0.29) is 18.3 Å². The Morgan fingerprint density at radius 3 is 2.81 bits per heavy atom. The van der Waals surface area contributed by atoms with E-state index in [1.807, 2.05) is 13.8 Å². The minimum Gasteiger partial charge on any atom is -0.396 e. The van der Waals surface area contributed by atoms with Gasteiger partial charge in [-0.15, -0.1) is 0 Å². The minimum absolute atomic E-state index is 0.00509. The second-order valence-corrected chi connectivity index (χ2v) is 3.84. The van der Waals surface area contributed by atoms with Crippen LogP contribution in [0, 0.1) is 17.0 Å². The fraction of sp³-hybridized carbons (Fsp3) is 0.455. The molecule has 0 aliphatic heterocycles. The Balaban J connectivity index is 2.92. The molecule has 1 rings (SSSR count). The van der Waals surface area contributed by atoms with Gasteiger partial charge in [-0.05, 0) is 31.9 Å². The third kappa shape index (κ3) is 3.20. The minimum atomic E-state index is -0.409. The van der Waals surface area contributed by atoms with Crippen molar-refractivity contribution in [2.75, 3.05) is 11.9 Å². The maximum Gasteiger partial charge on any atom is 0.292 e. The maximum atomic E-state index is 10.8. The molecule has 16 heavy (non-hydrogen) atoms. The number of nitrogens with one attached hydrogen (secondary N) is 1. The van der Waals surface area contributed by atoms with E-state index < -0.39 is 4.92 Å². The summed E-state index contributed by atoms with van der Waals surface area (Å²) in [6, 6.07) is 4.94. The number of nitro benzene ring substituents is 1. The summed E-state index contributed by atoms with van der Waals surface area (Å²) in [5, 5.41) is 22.6. The first-order valence-corrected chi connectivity index (χ1v) is 5.17. The quantitative estimate of drug-likeness (QED) is 0.593. The average molecular weight is 224 g/mol. The molecule has 0 radical (unpaired) electrons. The molecule has 0 fully saturated rings. The van der Waals surface area contributed by atoms with E-state index in [4.69, 9.17) is 5.11 Å². The highest BCUT2D eigenvalue weighted by Gasteiger charge is 2.14. The summed E-state index contributed by atoms with van der Waals surface area (Å²) < 4.78 is 0. The lowest BCUT2D eigenvalue weighted by Crippen LogP contribution is -2.17. The van der Waals surface area contributed by atoms with Gasteiger partial charge in [0.15, 0.2) is 0 Å². The fourth-order valence-electron chi connectivity index (χ4n) is 1.46. The molecule has 0 aliphatic carbocycles. The molecule has 0 heterocycles. The van der Waals surface area contributed by atoms with Gasteiger partial charge >= 0.3 is 0 Å². The zero-order valence-corrected chi connectivity index (χ0v) is 9.43. The molecule has 0 aromatic heterocycles. The van der Waals surface area contributed by atoms with Crippen molar-refractivity contribution in [3.05, 3.63) is 33.9 Å². The zero-order valence-electron chi connectivity index (χ0n) is 9.43. The van der Waals surface area contributed by atoms with Crippen LogP contribution in [0.25, 0.3) is 0 Å². The van der Waals surface area contributed by atoms with E-state index in [0.29, 0.717) is 12.1 Å². The molecule has 5 nitrogen and oxygen atoms in total. The molecule has 0 saturated carbocycles. The first-order chi connectivity index (χ1) is 7.54. The van der Waals surface area contributed by atoms with E-state index in [1.54, 1.807) is 12.1 Å². The molecule has 0 bridgehead atoms. The normalized spacial score (nSPS) is 12.2. The molecule has 0 saturated heterocycles. The van der Waals surface area contributed by atoms with Crippen molar-refractivity contribution in [1.29, 1.82) is 0 Å². The summed E-state index contributed by atoms with van der Waals surface area (Å²) in [5.74, 6) is 0. The van der Waals surface area contributed by atoms with E-state index >= 15 is 0 Å². The number of aliphatic hydroxyl groups is 1. The summed E-state index contributed by atoms with van der Waals surface area (Å²) in [4.78, 5) is 10.4. The van der Waals surface area contributed by atoms with E-state index in [2.05, 4.69) is 5.32 Å². The average Bonchev–Trinajstić information content (AvgIpc) is 2.17. The lowest BCUT2D eigenvalue weighted by atomic mass is 10.1. The van der Waals surface area contributed by atoms with Crippen molar-refractivity contribution in [3.63, 3.8) is 0 Å². The first kappa shape index (κ1) is 12.4. The van der Waals surface area contributed by atoms with Gasteiger partial charge in [0.1, 0.15) is 5.69 Å². The van der Waals surface area contributed by atoms with Crippen molar-refractivity contribution in [1.82, 2.24) is 0 Å². The van der Waals surface area contributed by atoms with Gasteiger partial charge in [-0.3, -0.25) is 10.1 Å². The van der Waals surface area contributed by atoms with Gasteiger partial charge in [-0.25, -0.2) is 0 Å². The predicted molar refractivity (Wildman–Crippen MR) is 62.6 cm³/mol. The van der Waals surface area contributed by atoms with Crippen LogP contribution in [0.1, 0.15) is 18.9 Å². The molecule has 2 N–H and O–H groups in total. The van der Waals surface area contributed by atoms with Crippen LogP contribution >= 0.6 is 0 Å². The number of hydrogen-bond donors (Lipinski definition) is 2. The molecule has 1 atom stereocenters. The summed E-state index contributed by atoms with van der Waals surface area (Å²) in [7, 11) is 0. The maximum absolute atomic E-state index is 10.8. The first-order valence-electron chi connectivity index (χ1n) is 5.17. The number of anilines is 1. The summed E-state index contributed by atoms with van der Waals surface area (Å²) in [6.45, 7) is 3.82. The Labute approximate surface area is 94.3 Å². The van der Waals surface area contributed by atoms with Crippen molar-refractivity contribution in [3.8, 4) is 0 Å². The van der Waals surface area contributed by atoms with E-state index in [9.17, 15) is 10.1 Å². The van der Waals surface area contributed by atoms with Gasteiger partial charge in [0.2, 0.25) is 0 Å². The largest absolute Gasteiger partial charge is 0.396 e. The van der Waals surface area contributed by atoms with Crippen LogP contribution in [0.3, 0.4) is 0 Å². The van der Waals surface area contributed by atoms with Gasteiger partial charge in [-0.1, -0.05) is 6.07 Å². The Bertz CT molecular complexity index is 379. The monoisotopic (exact) mass is 224 g/mol. The van der Waals surface area contributed by atoms with E-state index in [1.165, 1.54) is 6.07 Å². The number of aliphatic hydroxyl groups excluding tert-OH is 1. The SMILES string of the molecule is Cc1ccc([N+](=O)[O-])c(NC(C)CCO)c1. The van der Waals surface area contributed by atoms with Crippen LogP contribution in [0.4, 0.5) is 11.4 Å². The number of nitrogens with zero attached hydrogens (tertiary/aromatic N) is 1. The number of hydrogen-bond acceptors (Lipinski definition) is 4. The number of benzene rings is 1. The van der Waals surface area contributed by atoms with Gasteiger partial charge in [0.25, 0.3) is 5.69 Å². The Morgan fingerprint density at radius 1 is 1.56 bits per heavy atom. The van der Waals surface area contributed by atoms with Gasteiger partial charge < -0.3 is 10.4 Å². The molecule has 88 valence electrons. The lowest BCUT2D eigenvalue weighted by molar-refractivity contribution is -0.384. The number of nitro groups is 1. The fourth-order valence-corrected chi connectivity index (χ4v) is 1.46. The van der Waals surface area contributed by atoms with Crippen molar-refractivity contribution in [2.45, 2.75) is 26.3 Å². The van der Waals surface area contributed by atoms with Crippen LogP contribution in [0.5, 0.6) is 0 Å². The van der Waals surface area contributed by atoms with Crippen molar-refractivity contribution >= 4 is 11.4 Å². The molecule has 0 amide bonds. The summed E-state index contributed by atoms with van der Waals surface area (Å²) >= 11 is 0. The van der Waals surface area contributed by atoms with Crippen LogP contribution in [-0.4, -0.2) is 22.7 Å². The number of rotatable bonds is 5.